The summed E-state index contributed by atoms with van der Waals surface area (Å²) >= 11 is 5.17. The average Bonchev–Trinajstić information content (AvgIpc) is 2.86. The van der Waals surface area contributed by atoms with E-state index in [1.165, 1.54) is 0 Å². The molecule has 1 saturated heterocycles. The Balaban J connectivity index is 0.00000840. The van der Waals surface area contributed by atoms with Crippen molar-refractivity contribution >= 4 is 73.9 Å². The molecule has 1 unspecified atom stereocenters. The van der Waals surface area contributed by atoms with Crippen LogP contribution in [0.3, 0.4) is 0 Å². The fourth-order valence-corrected chi connectivity index (χ4v) is 4.78. The molecule has 228 valence electrons. The van der Waals surface area contributed by atoms with Crippen LogP contribution in [0.4, 0.5) is 5.69 Å². The maximum absolute atomic E-state index is 12.1. The van der Waals surface area contributed by atoms with Gasteiger partial charge in [-0.25, -0.2) is 0 Å². The van der Waals surface area contributed by atoms with Crippen molar-refractivity contribution in [1.82, 2.24) is 24.9 Å². The van der Waals surface area contributed by atoms with Gasteiger partial charge in [-0.3, -0.25) is 38.8 Å². The van der Waals surface area contributed by atoms with Gasteiger partial charge in [0.2, 0.25) is 23.6 Å². The van der Waals surface area contributed by atoms with Gasteiger partial charge in [-0.2, -0.15) is 0 Å². The van der Waals surface area contributed by atoms with E-state index in [-0.39, 0.29) is 59.5 Å². The fraction of sp³-hybridized carbons (Fsp3) is 0.560. The molecule has 0 aromatic heterocycles. The predicted octanol–water partition coefficient (Wildman–Crippen LogP) is -4.24. The number of amides is 4. The predicted molar refractivity (Wildman–Crippen MR) is 165 cm³/mol. The molecule has 14 nitrogen and oxygen atoms in total. The van der Waals surface area contributed by atoms with Crippen LogP contribution in [0.5, 0.6) is 0 Å². The third-order valence-corrected chi connectivity index (χ3v) is 6.87. The van der Waals surface area contributed by atoms with Crippen molar-refractivity contribution in [2.75, 3.05) is 84.4 Å². The first-order chi connectivity index (χ1) is 18.9. The van der Waals surface area contributed by atoms with E-state index in [1.54, 1.807) is 7.05 Å². The van der Waals surface area contributed by atoms with Crippen molar-refractivity contribution in [3.05, 3.63) is 29.8 Å². The normalized spacial score (nSPS) is 18.2. The van der Waals surface area contributed by atoms with Crippen LogP contribution in [0.25, 0.3) is 0 Å². The summed E-state index contributed by atoms with van der Waals surface area (Å²) in [4.78, 5) is 55.2. The van der Waals surface area contributed by atoms with E-state index < -0.39 is 23.6 Å². The van der Waals surface area contributed by atoms with Gasteiger partial charge in [0, 0.05) is 64.6 Å². The molecule has 0 aliphatic carbocycles. The van der Waals surface area contributed by atoms with Gasteiger partial charge in [-0.1, -0.05) is 12.1 Å². The van der Waals surface area contributed by atoms with E-state index in [1.807, 2.05) is 43.9 Å². The molecular formula is C25H44N10O4PbS. The topological polar surface area (TPSA) is 209 Å². The second-order valence-electron chi connectivity index (χ2n) is 9.88. The molecule has 1 atom stereocenters. The minimum atomic E-state index is -0.493. The number of primary amides is 4. The number of nitrogens with one attached hydrogen (secondary N) is 2. The van der Waals surface area contributed by atoms with Crippen LogP contribution in [0.15, 0.2) is 24.3 Å². The Morgan fingerprint density at radius 3 is 1.66 bits per heavy atom. The SMILES string of the molecule is CNC(=S)Nc1ccc(CC2CN(CC(N)=O)CCN(CC(N)=O)CCN(CC(N)=O)CCN2CC(N)=O)cc1.[PbH2]. The Kier molecular flexibility index (Phi) is 16.8. The van der Waals surface area contributed by atoms with Gasteiger partial charge in [0.25, 0.3) is 0 Å². The summed E-state index contributed by atoms with van der Waals surface area (Å²) in [6.45, 7) is 3.06. The number of hydrogen-bond acceptors (Lipinski definition) is 9. The number of nitrogens with two attached hydrogens (primary N) is 4. The summed E-state index contributed by atoms with van der Waals surface area (Å²) in [7, 11) is 1.73. The molecule has 1 aromatic carbocycles. The number of hydrogen-bond donors (Lipinski definition) is 6. The maximum atomic E-state index is 12.1. The number of carbonyl (C=O) groups is 4. The third kappa shape index (κ3) is 14.8. The molecular weight excluding hydrogens is 744 g/mol. The van der Waals surface area contributed by atoms with Crippen LogP contribution in [-0.2, 0) is 25.6 Å². The molecule has 0 saturated carbocycles. The molecule has 0 spiro atoms. The van der Waals surface area contributed by atoms with Crippen LogP contribution < -0.4 is 33.6 Å². The Morgan fingerprint density at radius 2 is 1.20 bits per heavy atom. The first kappa shape index (κ1) is 36.6. The van der Waals surface area contributed by atoms with Crippen LogP contribution in [0, 0.1) is 0 Å². The van der Waals surface area contributed by atoms with Crippen molar-refractivity contribution in [1.29, 1.82) is 0 Å². The van der Waals surface area contributed by atoms with E-state index in [2.05, 4.69) is 10.6 Å². The van der Waals surface area contributed by atoms with E-state index in [0.29, 0.717) is 57.3 Å². The van der Waals surface area contributed by atoms with E-state index >= 15 is 0 Å². The molecule has 4 amide bonds. The first-order valence-electron chi connectivity index (χ1n) is 13.1. The van der Waals surface area contributed by atoms with Gasteiger partial charge in [-0.05, 0) is 36.3 Å². The van der Waals surface area contributed by atoms with Crippen molar-refractivity contribution in [3.8, 4) is 0 Å². The number of rotatable bonds is 11. The van der Waals surface area contributed by atoms with Crippen LogP contribution in [-0.4, -0.2) is 161 Å². The monoisotopic (exact) mass is 788 g/mol. The molecule has 0 bridgehead atoms. The van der Waals surface area contributed by atoms with Crippen molar-refractivity contribution < 1.29 is 19.2 Å². The molecule has 2 rings (SSSR count). The molecule has 1 heterocycles. The van der Waals surface area contributed by atoms with Crippen molar-refractivity contribution in [2.45, 2.75) is 12.5 Å². The van der Waals surface area contributed by atoms with Crippen LogP contribution in [0.2, 0.25) is 0 Å². The van der Waals surface area contributed by atoms with Gasteiger partial charge in [0.1, 0.15) is 0 Å². The molecule has 2 radical (unpaired) electrons. The Bertz CT molecular complexity index is 1030. The number of anilines is 1. The zero-order valence-corrected chi connectivity index (χ0v) is 30.0. The van der Waals surface area contributed by atoms with Gasteiger partial charge >= 0.3 is 27.3 Å². The quantitative estimate of drug-likeness (QED) is 0.0936. The van der Waals surface area contributed by atoms with Crippen LogP contribution >= 0.6 is 12.2 Å². The van der Waals surface area contributed by atoms with Gasteiger partial charge in [-0.15, -0.1) is 0 Å². The third-order valence-electron chi connectivity index (χ3n) is 6.56. The average molecular weight is 788 g/mol. The summed E-state index contributed by atoms with van der Waals surface area (Å²) in [6, 6.07) is 7.51. The standard InChI is InChI=1S/C25H42N10O4S.Pb.2H/c1-30-25(40)31-19-4-2-18(3-5-19)12-20-13-34(16-23(28)38)9-8-32(14-21(26)36)6-7-33(15-22(27)37)10-11-35(20)17-24(29)39;;;/h2-5,20H,6-17H2,1H3,(H2,26,36)(H2,27,37)(H2,28,38)(H2,29,39)(H2,30,31,40);;;. The summed E-state index contributed by atoms with van der Waals surface area (Å²) in [5.74, 6) is -1.94. The summed E-state index contributed by atoms with van der Waals surface area (Å²) in [5, 5.41) is 6.44. The van der Waals surface area contributed by atoms with Crippen molar-refractivity contribution in [3.63, 3.8) is 0 Å². The molecule has 1 aliphatic rings. The molecule has 1 aromatic rings. The van der Waals surface area contributed by atoms with E-state index in [0.717, 1.165) is 11.3 Å². The van der Waals surface area contributed by atoms with E-state index in [9.17, 15) is 19.2 Å². The van der Waals surface area contributed by atoms with Gasteiger partial charge < -0.3 is 33.6 Å². The molecule has 1 aliphatic heterocycles. The minimum absolute atomic E-state index is 0. The zero-order valence-electron chi connectivity index (χ0n) is 23.7. The Morgan fingerprint density at radius 1 is 0.756 bits per heavy atom. The molecule has 10 N–H and O–H groups in total. The summed E-state index contributed by atoms with van der Waals surface area (Å²) in [5.41, 5.74) is 24.0. The van der Waals surface area contributed by atoms with Gasteiger partial charge in [0.15, 0.2) is 5.11 Å². The van der Waals surface area contributed by atoms with E-state index in [4.69, 9.17) is 35.2 Å². The number of benzene rings is 1. The number of thiocarbonyl (C=S) groups is 1. The Hall–Kier alpha value is -2.45. The summed E-state index contributed by atoms with van der Waals surface area (Å²) in [6.07, 6.45) is 0.542. The number of carbonyl (C=O) groups excluding carboxylic acids is 4. The second-order valence-corrected chi connectivity index (χ2v) is 10.3. The van der Waals surface area contributed by atoms with Crippen LogP contribution in [0.1, 0.15) is 5.56 Å². The van der Waals surface area contributed by atoms with Crippen molar-refractivity contribution in [2.24, 2.45) is 22.9 Å². The number of nitrogens with zero attached hydrogens (tertiary/aromatic N) is 4. The van der Waals surface area contributed by atoms with Gasteiger partial charge in [0.05, 0.1) is 26.2 Å². The first-order valence-corrected chi connectivity index (χ1v) is 13.5. The molecule has 16 heteroatoms. The second kappa shape index (κ2) is 18.9. The molecule has 1 fully saturated rings. The molecule has 41 heavy (non-hydrogen) atoms. The Labute approximate surface area is 266 Å². The zero-order chi connectivity index (χ0) is 29.7. The fourth-order valence-electron chi connectivity index (χ4n) is 4.66. The summed E-state index contributed by atoms with van der Waals surface area (Å²) < 4.78 is 0.